The smallest absolute Gasteiger partial charge is 0.233 e. The van der Waals surface area contributed by atoms with E-state index in [2.05, 4.69) is 16.8 Å². The lowest BCUT2D eigenvalue weighted by molar-refractivity contribution is -0.129. The van der Waals surface area contributed by atoms with E-state index in [1.165, 1.54) is 11.8 Å². The Bertz CT molecular complexity index is 698. The number of hydrogen-bond donors (Lipinski definition) is 1. The fourth-order valence-electron chi connectivity index (χ4n) is 2.91. The SMILES string of the molecule is CC(=O)Nc1ccc(SCC(=O)N2CCCC2c2cccs2)cc1. The molecule has 2 aromatic rings. The molecule has 24 heavy (non-hydrogen) atoms. The van der Waals surface area contributed by atoms with Crippen molar-refractivity contribution in [2.24, 2.45) is 0 Å². The van der Waals surface area contributed by atoms with E-state index in [-0.39, 0.29) is 17.9 Å². The molecule has 1 atom stereocenters. The van der Waals surface area contributed by atoms with E-state index < -0.39 is 0 Å². The highest BCUT2D eigenvalue weighted by atomic mass is 32.2. The van der Waals surface area contributed by atoms with Gasteiger partial charge in [-0.1, -0.05) is 6.07 Å². The average molecular weight is 361 g/mol. The highest BCUT2D eigenvalue weighted by molar-refractivity contribution is 8.00. The Morgan fingerprint density at radius 1 is 1.29 bits per heavy atom. The predicted octanol–water partition coefficient (Wildman–Crippen LogP) is 4.16. The normalized spacial score (nSPS) is 17.0. The Balaban J connectivity index is 1.56. The lowest BCUT2D eigenvalue weighted by atomic mass is 10.2. The minimum Gasteiger partial charge on any atom is -0.334 e. The van der Waals surface area contributed by atoms with Crippen molar-refractivity contribution in [3.8, 4) is 0 Å². The molecule has 2 heterocycles. The zero-order valence-corrected chi connectivity index (χ0v) is 15.2. The van der Waals surface area contributed by atoms with Gasteiger partial charge in [0.15, 0.2) is 0 Å². The summed E-state index contributed by atoms with van der Waals surface area (Å²) in [6, 6.07) is 12.0. The molecule has 6 heteroatoms. The van der Waals surface area contributed by atoms with E-state index in [1.54, 1.807) is 23.1 Å². The minimum atomic E-state index is -0.0840. The maximum Gasteiger partial charge on any atom is 0.233 e. The van der Waals surface area contributed by atoms with Crippen LogP contribution in [0.3, 0.4) is 0 Å². The first-order valence-electron chi connectivity index (χ1n) is 7.97. The zero-order chi connectivity index (χ0) is 16.9. The number of benzene rings is 1. The van der Waals surface area contributed by atoms with Crippen molar-refractivity contribution in [3.63, 3.8) is 0 Å². The molecule has 0 aliphatic carbocycles. The first-order chi connectivity index (χ1) is 11.6. The fourth-order valence-corrected chi connectivity index (χ4v) is 4.57. The first-order valence-corrected chi connectivity index (χ1v) is 9.83. The molecule has 1 saturated heterocycles. The molecular weight excluding hydrogens is 340 g/mol. The number of anilines is 1. The van der Waals surface area contributed by atoms with Crippen LogP contribution in [0.15, 0.2) is 46.7 Å². The predicted molar refractivity (Wildman–Crippen MR) is 99.5 cm³/mol. The summed E-state index contributed by atoms with van der Waals surface area (Å²) in [5, 5.41) is 4.81. The second kappa shape index (κ2) is 7.85. The average Bonchev–Trinajstić information content (AvgIpc) is 3.24. The van der Waals surface area contributed by atoms with Crippen LogP contribution in [0.2, 0.25) is 0 Å². The highest BCUT2D eigenvalue weighted by Crippen LogP contribution is 2.35. The summed E-state index contributed by atoms with van der Waals surface area (Å²) in [6.45, 7) is 2.34. The van der Waals surface area contributed by atoms with Gasteiger partial charge in [-0.3, -0.25) is 9.59 Å². The number of thiophene rings is 1. The van der Waals surface area contributed by atoms with Gasteiger partial charge < -0.3 is 10.2 Å². The van der Waals surface area contributed by atoms with Gasteiger partial charge in [0.2, 0.25) is 11.8 Å². The number of hydrogen-bond acceptors (Lipinski definition) is 4. The molecule has 1 unspecified atom stereocenters. The Morgan fingerprint density at radius 3 is 2.75 bits per heavy atom. The molecule has 2 amide bonds. The quantitative estimate of drug-likeness (QED) is 0.815. The number of nitrogens with one attached hydrogen (secondary N) is 1. The second-order valence-electron chi connectivity index (χ2n) is 5.75. The molecule has 1 aliphatic heterocycles. The van der Waals surface area contributed by atoms with Gasteiger partial charge in [-0.2, -0.15) is 0 Å². The molecule has 126 valence electrons. The summed E-state index contributed by atoms with van der Waals surface area (Å²) in [7, 11) is 0. The van der Waals surface area contributed by atoms with E-state index in [0.717, 1.165) is 30.0 Å². The molecule has 0 radical (unpaired) electrons. The summed E-state index contributed by atoms with van der Waals surface area (Å²) in [5.74, 6) is 0.558. The van der Waals surface area contributed by atoms with Crippen LogP contribution in [-0.4, -0.2) is 29.0 Å². The molecule has 1 fully saturated rings. The third-order valence-corrected chi connectivity index (χ3v) is 5.95. The van der Waals surface area contributed by atoms with Crippen LogP contribution >= 0.6 is 23.1 Å². The van der Waals surface area contributed by atoms with Crippen LogP contribution in [-0.2, 0) is 9.59 Å². The molecule has 1 aliphatic rings. The molecule has 0 spiro atoms. The number of rotatable bonds is 5. The minimum absolute atomic E-state index is 0.0840. The molecule has 1 aromatic carbocycles. The third-order valence-electron chi connectivity index (χ3n) is 3.98. The summed E-state index contributed by atoms with van der Waals surface area (Å²) >= 11 is 3.27. The summed E-state index contributed by atoms with van der Waals surface area (Å²) in [6.07, 6.45) is 2.13. The number of amides is 2. The molecule has 4 nitrogen and oxygen atoms in total. The van der Waals surface area contributed by atoms with Crippen LogP contribution < -0.4 is 5.32 Å². The van der Waals surface area contributed by atoms with Gasteiger partial charge in [0.05, 0.1) is 11.8 Å². The van der Waals surface area contributed by atoms with Gasteiger partial charge in [-0.05, 0) is 48.6 Å². The van der Waals surface area contributed by atoms with E-state index in [0.29, 0.717) is 5.75 Å². The highest BCUT2D eigenvalue weighted by Gasteiger charge is 2.30. The topological polar surface area (TPSA) is 49.4 Å². The maximum atomic E-state index is 12.6. The molecule has 0 saturated carbocycles. The number of carbonyl (C=O) groups excluding carboxylic acids is 2. The summed E-state index contributed by atoms with van der Waals surface area (Å²) in [5.41, 5.74) is 0.774. The van der Waals surface area contributed by atoms with Crippen molar-refractivity contribution in [2.45, 2.75) is 30.7 Å². The fraction of sp³-hybridized carbons (Fsp3) is 0.333. The van der Waals surface area contributed by atoms with Gasteiger partial charge in [0, 0.05) is 28.9 Å². The summed E-state index contributed by atoms with van der Waals surface area (Å²) < 4.78 is 0. The van der Waals surface area contributed by atoms with Crippen molar-refractivity contribution in [1.82, 2.24) is 4.90 Å². The molecule has 3 rings (SSSR count). The molecule has 1 N–H and O–H groups in total. The first kappa shape index (κ1) is 17.0. The van der Waals surface area contributed by atoms with Gasteiger partial charge in [0.25, 0.3) is 0 Å². The molecule has 1 aromatic heterocycles. The van der Waals surface area contributed by atoms with Gasteiger partial charge in [-0.15, -0.1) is 23.1 Å². The number of carbonyl (C=O) groups is 2. The van der Waals surface area contributed by atoms with E-state index in [9.17, 15) is 9.59 Å². The number of nitrogens with zero attached hydrogens (tertiary/aromatic N) is 1. The monoisotopic (exact) mass is 360 g/mol. The van der Waals surface area contributed by atoms with E-state index >= 15 is 0 Å². The molecule has 0 bridgehead atoms. The number of likely N-dealkylation sites (tertiary alicyclic amines) is 1. The Morgan fingerprint density at radius 2 is 2.08 bits per heavy atom. The Hall–Kier alpha value is -1.79. The van der Waals surface area contributed by atoms with Crippen LogP contribution in [0.4, 0.5) is 5.69 Å². The number of thioether (sulfide) groups is 1. The van der Waals surface area contributed by atoms with Crippen LogP contribution in [0, 0.1) is 0 Å². The third kappa shape index (κ3) is 4.19. The largest absolute Gasteiger partial charge is 0.334 e. The standard InChI is InChI=1S/C18H20N2O2S2/c1-13(21)19-14-6-8-15(9-7-14)24-12-18(22)20-10-2-4-16(20)17-5-3-11-23-17/h3,5-9,11,16H,2,4,10,12H2,1H3,(H,19,21). The van der Waals surface area contributed by atoms with Crippen molar-refractivity contribution < 1.29 is 9.59 Å². The van der Waals surface area contributed by atoms with Crippen molar-refractivity contribution >= 4 is 40.6 Å². The van der Waals surface area contributed by atoms with Crippen molar-refractivity contribution in [2.75, 3.05) is 17.6 Å². The van der Waals surface area contributed by atoms with Crippen molar-refractivity contribution in [3.05, 3.63) is 46.7 Å². The Kier molecular flexibility index (Phi) is 5.58. The van der Waals surface area contributed by atoms with Gasteiger partial charge >= 0.3 is 0 Å². The van der Waals surface area contributed by atoms with E-state index in [1.807, 2.05) is 35.2 Å². The van der Waals surface area contributed by atoms with Crippen LogP contribution in [0.25, 0.3) is 0 Å². The van der Waals surface area contributed by atoms with E-state index in [4.69, 9.17) is 0 Å². The van der Waals surface area contributed by atoms with Crippen molar-refractivity contribution in [1.29, 1.82) is 0 Å². The second-order valence-corrected chi connectivity index (χ2v) is 7.78. The lowest BCUT2D eigenvalue weighted by Crippen LogP contribution is -2.31. The van der Waals surface area contributed by atoms with Gasteiger partial charge in [-0.25, -0.2) is 0 Å². The zero-order valence-electron chi connectivity index (χ0n) is 13.5. The van der Waals surface area contributed by atoms with Gasteiger partial charge in [0.1, 0.15) is 0 Å². The van der Waals surface area contributed by atoms with Crippen LogP contribution in [0.1, 0.15) is 30.7 Å². The summed E-state index contributed by atoms with van der Waals surface area (Å²) in [4.78, 5) is 27.9. The Labute approximate surface area is 150 Å². The maximum absolute atomic E-state index is 12.6. The molecular formula is C18H20N2O2S2. The van der Waals surface area contributed by atoms with Crippen LogP contribution in [0.5, 0.6) is 0 Å². The lowest BCUT2D eigenvalue weighted by Gasteiger charge is -2.23.